The predicted octanol–water partition coefficient (Wildman–Crippen LogP) is 5.99. The second-order valence-corrected chi connectivity index (χ2v) is 13.7. The zero-order valence-corrected chi connectivity index (χ0v) is 18.7. The normalized spacial score (nSPS) is 14.8. The highest BCUT2D eigenvalue weighted by atomic mass is 28.4. The van der Waals surface area contributed by atoms with Crippen molar-refractivity contribution in [1.82, 2.24) is 0 Å². The van der Waals surface area contributed by atoms with Crippen LogP contribution in [-0.4, -0.2) is 27.3 Å². The van der Waals surface area contributed by atoms with Crippen LogP contribution in [0.25, 0.3) is 0 Å². The molecule has 0 unspecified atom stereocenters. The molecular weight excluding hydrogens is 340 g/mol. The minimum Gasteiger partial charge on any atom is -0.412 e. The topological polar surface area (TPSA) is 35.5 Å². The van der Waals surface area contributed by atoms with Crippen molar-refractivity contribution in [2.75, 3.05) is 6.61 Å². The SMILES string of the molecule is CC(C)[Si](O[C@H](CCOCc1ccccc1)[C@@H](C)C=O)(C(C)C)C(C)C. The predicted molar refractivity (Wildman–Crippen MR) is 112 cm³/mol. The van der Waals surface area contributed by atoms with Crippen molar-refractivity contribution < 1.29 is 14.0 Å². The number of benzene rings is 1. The van der Waals surface area contributed by atoms with Crippen LogP contribution >= 0.6 is 0 Å². The minimum absolute atomic E-state index is 0.0675. The third kappa shape index (κ3) is 6.03. The van der Waals surface area contributed by atoms with Crippen LogP contribution in [0.2, 0.25) is 16.6 Å². The Morgan fingerprint density at radius 2 is 1.46 bits per heavy atom. The lowest BCUT2D eigenvalue weighted by Gasteiger charge is -2.45. The van der Waals surface area contributed by atoms with Crippen LogP contribution in [0.5, 0.6) is 0 Å². The first-order chi connectivity index (χ1) is 12.3. The molecule has 1 rings (SSSR count). The Morgan fingerprint density at radius 3 is 1.92 bits per heavy atom. The van der Waals surface area contributed by atoms with E-state index in [4.69, 9.17) is 9.16 Å². The van der Waals surface area contributed by atoms with E-state index in [-0.39, 0.29) is 12.0 Å². The number of aldehydes is 1. The van der Waals surface area contributed by atoms with Gasteiger partial charge in [-0.25, -0.2) is 0 Å². The molecule has 0 aliphatic heterocycles. The van der Waals surface area contributed by atoms with Gasteiger partial charge in [0.1, 0.15) is 6.29 Å². The Balaban J connectivity index is 2.77. The van der Waals surface area contributed by atoms with E-state index in [1.165, 1.54) is 5.56 Å². The van der Waals surface area contributed by atoms with Crippen molar-refractivity contribution in [3.8, 4) is 0 Å². The van der Waals surface area contributed by atoms with Crippen molar-refractivity contribution in [3.05, 3.63) is 35.9 Å². The fourth-order valence-electron chi connectivity index (χ4n) is 4.15. The maximum absolute atomic E-state index is 11.5. The highest BCUT2D eigenvalue weighted by Crippen LogP contribution is 2.43. The fourth-order valence-corrected chi connectivity index (χ4v) is 9.82. The number of hydrogen-bond donors (Lipinski definition) is 0. The van der Waals surface area contributed by atoms with Crippen LogP contribution < -0.4 is 0 Å². The summed E-state index contributed by atoms with van der Waals surface area (Å²) in [6, 6.07) is 10.2. The van der Waals surface area contributed by atoms with Gasteiger partial charge in [-0.2, -0.15) is 0 Å². The summed E-state index contributed by atoms with van der Waals surface area (Å²) >= 11 is 0. The van der Waals surface area contributed by atoms with Crippen molar-refractivity contribution >= 4 is 14.6 Å². The number of rotatable bonds is 12. The van der Waals surface area contributed by atoms with E-state index in [0.29, 0.717) is 29.8 Å². The zero-order valence-electron chi connectivity index (χ0n) is 17.7. The number of carbonyl (C=O) groups is 1. The zero-order chi connectivity index (χ0) is 19.7. The van der Waals surface area contributed by atoms with Gasteiger partial charge < -0.3 is 14.0 Å². The van der Waals surface area contributed by atoms with Gasteiger partial charge in [-0.05, 0) is 28.6 Å². The summed E-state index contributed by atoms with van der Waals surface area (Å²) < 4.78 is 12.7. The Morgan fingerprint density at radius 1 is 0.923 bits per heavy atom. The lowest BCUT2D eigenvalue weighted by atomic mass is 10.0. The molecule has 3 nitrogen and oxygen atoms in total. The van der Waals surface area contributed by atoms with E-state index < -0.39 is 8.32 Å². The van der Waals surface area contributed by atoms with Gasteiger partial charge in [0.05, 0.1) is 12.7 Å². The first kappa shape index (κ1) is 23.1. The Labute approximate surface area is 161 Å². The molecule has 0 N–H and O–H groups in total. The fraction of sp³-hybridized carbons (Fsp3) is 0.682. The molecule has 1 aromatic carbocycles. The molecule has 0 saturated carbocycles. The van der Waals surface area contributed by atoms with Crippen LogP contribution in [-0.2, 0) is 20.6 Å². The molecular formula is C22H38O3Si. The second kappa shape index (κ2) is 11.0. The summed E-state index contributed by atoms with van der Waals surface area (Å²) in [4.78, 5) is 11.5. The van der Waals surface area contributed by atoms with Crippen LogP contribution in [0.15, 0.2) is 30.3 Å². The molecule has 4 heteroatoms. The van der Waals surface area contributed by atoms with E-state index in [9.17, 15) is 4.79 Å². The molecule has 0 saturated heterocycles. The number of ether oxygens (including phenoxy) is 1. The van der Waals surface area contributed by atoms with Gasteiger partial charge in [-0.1, -0.05) is 78.8 Å². The van der Waals surface area contributed by atoms with E-state index in [0.717, 1.165) is 12.7 Å². The van der Waals surface area contributed by atoms with Crippen LogP contribution in [0.1, 0.15) is 60.5 Å². The van der Waals surface area contributed by atoms with E-state index in [2.05, 4.69) is 53.7 Å². The van der Waals surface area contributed by atoms with Gasteiger partial charge in [0, 0.05) is 12.5 Å². The van der Waals surface area contributed by atoms with Crippen molar-refractivity contribution in [2.24, 2.45) is 5.92 Å². The molecule has 0 aliphatic carbocycles. The third-order valence-electron chi connectivity index (χ3n) is 5.52. The standard InChI is InChI=1S/C22H38O3Si/c1-17(2)26(18(3)4,19(5)6)25-22(20(7)15-23)13-14-24-16-21-11-9-8-10-12-21/h8-12,15,17-20,22H,13-14,16H2,1-7H3/t20-,22+/m0/s1. The maximum atomic E-state index is 11.5. The van der Waals surface area contributed by atoms with Crippen molar-refractivity contribution in [3.63, 3.8) is 0 Å². The lowest BCUT2D eigenvalue weighted by Crippen LogP contribution is -2.51. The summed E-state index contributed by atoms with van der Waals surface area (Å²) in [5, 5.41) is 0. The smallest absolute Gasteiger partial charge is 0.200 e. The van der Waals surface area contributed by atoms with Gasteiger partial charge in [0.2, 0.25) is 8.32 Å². The van der Waals surface area contributed by atoms with Crippen LogP contribution in [0.3, 0.4) is 0 Å². The number of hydrogen-bond acceptors (Lipinski definition) is 3. The van der Waals surface area contributed by atoms with Gasteiger partial charge in [-0.3, -0.25) is 0 Å². The first-order valence-corrected chi connectivity index (χ1v) is 12.1. The molecule has 2 atom stereocenters. The van der Waals surface area contributed by atoms with Crippen molar-refractivity contribution in [1.29, 1.82) is 0 Å². The average molecular weight is 379 g/mol. The molecule has 0 amide bonds. The molecule has 0 fully saturated rings. The highest BCUT2D eigenvalue weighted by Gasteiger charge is 2.47. The molecule has 26 heavy (non-hydrogen) atoms. The van der Waals surface area contributed by atoms with Crippen molar-refractivity contribution in [2.45, 2.75) is 84.2 Å². The Bertz CT molecular complexity index is 492. The highest BCUT2D eigenvalue weighted by molar-refractivity contribution is 6.77. The molecule has 0 heterocycles. The first-order valence-electron chi connectivity index (χ1n) is 10.00. The monoisotopic (exact) mass is 378 g/mol. The summed E-state index contributed by atoms with van der Waals surface area (Å²) in [6.45, 7) is 16.8. The van der Waals surface area contributed by atoms with E-state index in [1.54, 1.807) is 0 Å². The van der Waals surface area contributed by atoms with Gasteiger partial charge >= 0.3 is 0 Å². The van der Waals surface area contributed by atoms with Gasteiger partial charge in [0.25, 0.3) is 0 Å². The molecule has 0 spiro atoms. The largest absolute Gasteiger partial charge is 0.412 e. The van der Waals surface area contributed by atoms with Crippen LogP contribution in [0.4, 0.5) is 0 Å². The molecule has 0 aromatic heterocycles. The quantitative estimate of drug-likeness (QED) is 0.255. The second-order valence-electron chi connectivity index (χ2n) is 8.30. The van der Waals surface area contributed by atoms with Crippen LogP contribution in [0, 0.1) is 5.92 Å². The van der Waals surface area contributed by atoms with Gasteiger partial charge in [0.15, 0.2) is 0 Å². The molecule has 148 valence electrons. The lowest BCUT2D eigenvalue weighted by molar-refractivity contribution is -0.113. The molecule has 0 aliphatic rings. The number of carbonyl (C=O) groups excluding carboxylic acids is 1. The summed E-state index contributed by atoms with van der Waals surface area (Å²) in [5.74, 6) is -0.113. The maximum Gasteiger partial charge on any atom is 0.200 e. The van der Waals surface area contributed by atoms with E-state index in [1.807, 2.05) is 25.1 Å². The third-order valence-corrected chi connectivity index (χ3v) is 11.6. The molecule has 0 radical (unpaired) electrons. The molecule has 1 aromatic rings. The Hall–Kier alpha value is -0.973. The average Bonchev–Trinajstić information content (AvgIpc) is 2.60. The Kier molecular flexibility index (Phi) is 9.76. The summed E-state index contributed by atoms with van der Waals surface area (Å²) in [6.07, 6.45) is 1.72. The summed E-state index contributed by atoms with van der Waals surface area (Å²) in [5.41, 5.74) is 2.70. The van der Waals surface area contributed by atoms with E-state index >= 15 is 0 Å². The minimum atomic E-state index is -2.01. The summed E-state index contributed by atoms with van der Waals surface area (Å²) in [7, 11) is -2.01. The molecule has 0 bridgehead atoms. The van der Waals surface area contributed by atoms with Gasteiger partial charge in [-0.15, -0.1) is 0 Å².